The second-order valence-corrected chi connectivity index (χ2v) is 3.02. The number of aryl methyl sites for hydroxylation is 1. The summed E-state index contributed by atoms with van der Waals surface area (Å²) in [6.45, 7) is 2.50. The van der Waals surface area contributed by atoms with Gasteiger partial charge in [-0.2, -0.15) is 0 Å². The fourth-order valence-electron chi connectivity index (χ4n) is 1.24. The average Bonchev–Trinajstić information content (AvgIpc) is 2.18. The minimum absolute atomic E-state index is 0.137. The number of hydrogen-bond donors (Lipinski definition) is 1. The molecule has 0 unspecified atom stereocenters. The summed E-state index contributed by atoms with van der Waals surface area (Å²) < 4.78 is 0. The van der Waals surface area contributed by atoms with E-state index < -0.39 is 0 Å². The zero-order chi connectivity index (χ0) is 9.68. The second kappa shape index (κ2) is 4.77. The van der Waals surface area contributed by atoms with Gasteiger partial charge < -0.3 is 5.73 Å². The summed E-state index contributed by atoms with van der Waals surface area (Å²) in [5.74, 6) is 0.137. The van der Waals surface area contributed by atoms with Gasteiger partial charge in [-0.05, 0) is 24.6 Å². The SMILES string of the molecule is CCc1cccc(C(=O)CCN)c1. The normalized spacial score (nSPS) is 10.0. The number of nitrogens with two attached hydrogens (primary N) is 1. The standard InChI is InChI=1S/C11H15NO/c1-2-9-4-3-5-10(8-9)11(13)6-7-12/h3-5,8H,2,6-7,12H2,1H3. The quantitative estimate of drug-likeness (QED) is 0.712. The van der Waals surface area contributed by atoms with Crippen LogP contribution >= 0.6 is 0 Å². The molecule has 0 fully saturated rings. The summed E-state index contributed by atoms with van der Waals surface area (Å²) in [6.07, 6.45) is 1.40. The van der Waals surface area contributed by atoms with E-state index in [1.165, 1.54) is 5.56 Å². The molecule has 0 atom stereocenters. The van der Waals surface area contributed by atoms with E-state index in [-0.39, 0.29) is 5.78 Å². The first-order chi connectivity index (χ1) is 6.27. The largest absolute Gasteiger partial charge is 0.330 e. The van der Waals surface area contributed by atoms with Gasteiger partial charge in [-0.3, -0.25) is 4.79 Å². The predicted octanol–water partition coefficient (Wildman–Crippen LogP) is 1.78. The van der Waals surface area contributed by atoms with Crippen molar-refractivity contribution in [3.05, 3.63) is 35.4 Å². The average molecular weight is 177 g/mol. The van der Waals surface area contributed by atoms with Crippen LogP contribution in [0.4, 0.5) is 0 Å². The molecule has 0 spiro atoms. The molecule has 1 aromatic carbocycles. The molecule has 0 aliphatic rings. The fourth-order valence-corrected chi connectivity index (χ4v) is 1.24. The first-order valence-electron chi connectivity index (χ1n) is 4.60. The maximum atomic E-state index is 11.4. The van der Waals surface area contributed by atoms with Crippen LogP contribution < -0.4 is 5.73 Å². The van der Waals surface area contributed by atoms with Crippen LogP contribution in [-0.2, 0) is 6.42 Å². The van der Waals surface area contributed by atoms with E-state index in [0.717, 1.165) is 12.0 Å². The molecule has 0 saturated heterocycles. The molecule has 2 N–H and O–H groups in total. The molecule has 13 heavy (non-hydrogen) atoms. The molecular formula is C11H15NO. The number of hydrogen-bond acceptors (Lipinski definition) is 2. The van der Waals surface area contributed by atoms with Gasteiger partial charge in [0.05, 0.1) is 0 Å². The van der Waals surface area contributed by atoms with E-state index in [1.807, 2.05) is 24.3 Å². The van der Waals surface area contributed by atoms with Gasteiger partial charge in [0.2, 0.25) is 0 Å². The third-order valence-electron chi connectivity index (χ3n) is 2.03. The monoisotopic (exact) mass is 177 g/mol. The molecular weight excluding hydrogens is 162 g/mol. The molecule has 2 nitrogen and oxygen atoms in total. The van der Waals surface area contributed by atoms with Crippen LogP contribution in [0, 0.1) is 0 Å². The molecule has 0 radical (unpaired) electrons. The van der Waals surface area contributed by atoms with Crippen LogP contribution in [0.1, 0.15) is 29.3 Å². The Morgan fingerprint density at radius 1 is 1.46 bits per heavy atom. The zero-order valence-electron chi connectivity index (χ0n) is 7.92. The number of Topliss-reactive ketones (excluding diaryl/α,β-unsaturated/α-hetero) is 1. The lowest BCUT2D eigenvalue weighted by Crippen LogP contribution is -2.08. The summed E-state index contributed by atoms with van der Waals surface area (Å²) in [7, 11) is 0. The Labute approximate surface area is 78.8 Å². The third-order valence-corrected chi connectivity index (χ3v) is 2.03. The van der Waals surface area contributed by atoms with Crippen molar-refractivity contribution >= 4 is 5.78 Å². The van der Waals surface area contributed by atoms with Crippen LogP contribution in [0.25, 0.3) is 0 Å². The van der Waals surface area contributed by atoms with Gasteiger partial charge >= 0.3 is 0 Å². The van der Waals surface area contributed by atoms with E-state index in [9.17, 15) is 4.79 Å². The van der Waals surface area contributed by atoms with Crippen molar-refractivity contribution in [2.24, 2.45) is 5.73 Å². The van der Waals surface area contributed by atoms with Crippen LogP contribution in [0.3, 0.4) is 0 Å². The van der Waals surface area contributed by atoms with E-state index in [2.05, 4.69) is 6.92 Å². The third kappa shape index (κ3) is 2.67. The molecule has 1 aromatic rings. The lowest BCUT2D eigenvalue weighted by atomic mass is 10.0. The van der Waals surface area contributed by atoms with Gasteiger partial charge in [-0.15, -0.1) is 0 Å². The fraction of sp³-hybridized carbons (Fsp3) is 0.364. The molecule has 2 heteroatoms. The van der Waals surface area contributed by atoms with Crippen molar-refractivity contribution in [3.8, 4) is 0 Å². The number of rotatable bonds is 4. The minimum Gasteiger partial charge on any atom is -0.330 e. The van der Waals surface area contributed by atoms with Gasteiger partial charge in [0.1, 0.15) is 0 Å². The highest BCUT2D eigenvalue weighted by molar-refractivity contribution is 5.96. The Morgan fingerprint density at radius 3 is 2.85 bits per heavy atom. The smallest absolute Gasteiger partial charge is 0.164 e. The van der Waals surface area contributed by atoms with E-state index >= 15 is 0 Å². The van der Waals surface area contributed by atoms with Gasteiger partial charge in [0, 0.05) is 12.0 Å². The Balaban J connectivity index is 2.82. The van der Waals surface area contributed by atoms with E-state index in [0.29, 0.717) is 13.0 Å². The molecule has 0 aromatic heterocycles. The highest BCUT2D eigenvalue weighted by atomic mass is 16.1. The van der Waals surface area contributed by atoms with Crippen molar-refractivity contribution in [3.63, 3.8) is 0 Å². The molecule has 0 bridgehead atoms. The molecule has 0 aliphatic heterocycles. The van der Waals surface area contributed by atoms with Crippen LogP contribution in [-0.4, -0.2) is 12.3 Å². The first kappa shape index (κ1) is 9.93. The van der Waals surface area contributed by atoms with Crippen molar-refractivity contribution in [2.45, 2.75) is 19.8 Å². The number of ketones is 1. The van der Waals surface area contributed by atoms with Gasteiger partial charge in [-0.25, -0.2) is 0 Å². The van der Waals surface area contributed by atoms with Crippen molar-refractivity contribution in [1.29, 1.82) is 0 Å². The Morgan fingerprint density at radius 2 is 2.23 bits per heavy atom. The van der Waals surface area contributed by atoms with Gasteiger partial charge in [-0.1, -0.05) is 25.1 Å². The molecule has 1 rings (SSSR count). The Hall–Kier alpha value is -1.15. The molecule has 0 aliphatic carbocycles. The summed E-state index contributed by atoms with van der Waals surface area (Å²) in [4.78, 5) is 11.4. The topological polar surface area (TPSA) is 43.1 Å². The maximum absolute atomic E-state index is 11.4. The first-order valence-corrected chi connectivity index (χ1v) is 4.60. The van der Waals surface area contributed by atoms with E-state index in [4.69, 9.17) is 5.73 Å². The van der Waals surface area contributed by atoms with Gasteiger partial charge in [0.25, 0.3) is 0 Å². The lowest BCUT2D eigenvalue weighted by molar-refractivity contribution is 0.0985. The van der Waals surface area contributed by atoms with Crippen molar-refractivity contribution < 1.29 is 4.79 Å². The van der Waals surface area contributed by atoms with E-state index in [1.54, 1.807) is 0 Å². The van der Waals surface area contributed by atoms with Crippen molar-refractivity contribution in [1.82, 2.24) is 0 Å². The number of carbonyl (C=O) groups is 1. The zero-order valence-corrected chi connectivity index (χ0v) is 7.92. The maximum Gasteiger partial charge on any atom is 0.164 e. The van der Waals surface area contributed by atoms with Crippen LogP contribution in [0.15, 0.2) is 24.3 Å². The highest BCUT2D eigenvalue weighted by Gasteiger charge is 2.03. The summed E-state index contributed by atoms with van der Waals surface area (Å²) in [5.41, 5.74) is 7.30. The highest BCUT2D eigenvalue weighted by Crippen LogP contribution is 2.07. The lowest BCUT2D eigenvalue weighted by Gasteiger charge is -2.01. The van der Waals surface area contributed by atoms with Crippen LogP contribution in [0.5, 0.6) is 0 Å². The Bertz CT molecular complexity index is 294. The summed E-state index contributed by atoms with van der Waals surface area (Å²) in [6, 6.07) is 7.73. The number of benzene rings is 1. The predicted molar refractivity (Wildman–Crippen MR) is 53.8 cm³/mol. The number of carbonyl (C=O) groups excluding carboxylic acids is 1. The second-order valence-electron chi connectivity index (χ2n) is 3.02. The molecule has 0 heterocycles. The summed E-state index contributed by atoms with van der Waals surface area (Å²) >= 11 is 0. The molecule has 0 saturated carbocycles. The Kier molecular flexibility index (Phi) is 3.65. The van der Waals surface area contributed by atoms with Crippen LogP contribution in [0.2, 0.25) is 0 Å². The van der Waals surface area contributed by atoms with Gasteiger partial charge in [0.15, 0.2) is 5.78 Å². The van der Waals surface area contributed by atoms with Crippen molar-refractivity contribution in [2.75, 3.05) is 6.54 Å². The summed E-state index contributed by atoms with van der Waals surface area (Å²) in [5, 5.41) is 0. The molecule has 70 valence electrons. The minimum atomic E-state index is 0.137. The molecule has 0 amide bonds.